The van der Waals surface area contributed by atoms with Crippen LogP contribution in [0.2, 0.25) is 0 Å². The predicted molar refractivity (Wildman–Crippen MR) is 79.2 cm³/mol. The molecule has 2 rings (SSSR count). The maximum absolute atomic E-state index is 13.6. The van der Waals surface area contributed by atoms with Crippen molar-refractivity contribution in [2.75, 3.05) is 10.5 Å². The van der Waals surface area contributed by atoms with Crippen LogP contribution in [0.3, 0.4) is 0 Å². The van der Waals surface area contributed by atoms with Crippen LogP contribution in [0.1, 0.15) is 11.1 Å². The number of aromatic hydroxyl groups is 1. The van der Waals surface area contributed by atoms with Gasteiger partial charge in [-0.1, -0.05) is 6.07 Å². The van der Waals surface area contributed by atoms with Gasteiger partial charge in [-0.2, -0.15) is 0 Å². The molecule has 0 bridgehead atoms. The van der Waals surface area contributed by atoms with Crippen molar-refractivity contribution in [2.45, 2.75) is 18.7 Å². The molecule has 2 aromatic rings. The summed E-state index contributed by atoms with van der Waals surface area (Å²) in [5.74, 6) is -0.730. The van der Waals surface area contributed by atoms with Crippen molar-refractivity contribution >= 4 is 21.4 Å². The zero-order valence-corrected chi connectivity index (χ0v) is 12.3. The first-order valence-electron chi connectivity index (χ1n) is 6.09. The second-order valence-corrected chi connectivity index (χ2v) is 6.41. The first-order valence-corrected chi connectivity index (χ1v) is 7.57. The van der Waals surface area contributed by atoms with Crippen molar-refractivity contribution in [1.82, 2.24) is 0 Å². The van der Waals surface area contributed by atoms with Crippen LogP contribution in [0, 0.1) is 19.7 Å². The van der Waals surface area contributed by atoms with E-state index in [9.17, 15) is 17.9 Å². The number of nitrogens with one attached hydrogen (secondary N) is 1. The summed E-state index contributed by atoms with van der Waals surface area (Å²) in [6, 6.07) is 6.44. The normalized spacial score (nSPS) is 11.4. The number of nitrogen functional groups attached to an aromatic ring is 1. The summed E-state index contributed by atoms with van der Waals surface area (Å²) in [5.41, 5.74) is 6.63. The third-order valence-corrected chi connectivity index (χ3v) is 4.49. The van der Waals surface area contributed by atoms with Gasteiger partial charge in [0, 0.05) is 17.3 Å². The van der Waals surface area contributed by atoms with Crippen molar-refractivity contribution in [2.24, 2.45) is 0 Å². The fourth-order valence-electron chi connectivity index (χ4n) is 1.72. The summed E-state index contributed by atoms with van der Waals surface area (Å²) in [6.07, 6.45) is 0. The lowest BCUT2D eigenvalue weighted by molar-refractivity contribution is 0.471. The number of halogens is 1. The quantitative estimate of drug-likeness (QED) is 0.760. The molecule has 0 fully saturated rings. The highest BCUT2D eigenvalue weighted by atomic mass is 32.2. The topological polar surface area (TPSA) is 92.4 Å². The molecule has 112 valence electrons. The molecule has 0 atom stereocenters. The van der Waals surface area contributed by atoms with E-state index in [4.69, 9.17) is 5.73 Å². The molecule has 0 aromatic heterocycles. The first kappa shape index (κ1) is 15.1. The van der Waals surface area contributed by atoms with Crippen LogP contribution in [0.25, 0.3) is 0 Å². The Hall–Kier alpha value is -2.28. The van der Waals surface area contributed by atoms with E-state index in [1.165, 1.54) is 25.1 Å². The van der Waals surface area contributed by atoms with Crippen molar-refractivity contribution in [1.29, 1.82) is 0 Å². The zero-order valence-electron chi connectivity index (χ0n) is 11.5. The maximum Gasteiger partial charge on any atom is 0.262 e. The lowest BCUT2D eigenvalue weighted by Gasteiger charge is -2.11. The molecule has 0 aliphatic heterocycles. The third-order valence-electron chi connectivity index (χ3n) is 3.13. The fourth-order valence-corrected chi connectivity index (χ4v) is 2.81. The molecule has 0 aliphatic carbocycles. The minimum atomic E-state index is -3.99. The van der Waals surface area contributed by atoms with E-state index in [0.717, 1.165) is 6.07 Å². The van der Waals surface area contributed by atoms with Gasteiger partial charge >= 0.3 is 0 Å². The van der Waals surface area contributed by atoms with Crippen molar-refractivity contribution in [3.8, 4) is 5.75 Å². The smallest absolute Gasteiger partial charge is 0.262 e. The minimum absolute atomic E-state index is 0.0372. The van der Waals surface area contributed by atoms with E-state index < -0.39 is 15.8 Å². The van der Waals surface area contributed by atoms with Crippen LogP contribution in [0.4, 0.5) is 15.8 Å². The SMILES string of the molecule is Cc1ccc(NS(=O)(=O)c2cc(N)c(C)c(F)c2)cc1O. The first-order chi connectivity index (χ1) is 9.70. The predicted octanol–water partition coefficient (Wildman–Crippen LogP) is 2.53. The zero-order chi connectivity index (χ0) is 15.8. The lowest BCUT2D eigenvalue weighted by atomic mass is 10.2. The van der Waals surface area contributed by atoms with Gasteiger partial charge in [-0.05, 0) is 37.6 Å². The van der Waals surface area contributed by atoms with Gasteiger partial charge in [0.15, 0.2) is 0 Å². The molecule has 0 heterocycles. The van der Waals surface area contributed by atoms with Gasteiger partial charge in [0.05, 0.1) is 10.6 Å². The number of nitrogens with two attached hydrogens (primary N) is 1. The summed E-state index contributed by atoms with van der Waals surface area (Å²) in [4.78, 5) is -0.275. The Morgan fingerprint density at radius 2 is 1.86 bits per heavy atom. The molecular formula is C14H15FN2O3S. The fraction of sp³-hybridized carbons (Fsp3) is 0.143. The molecule has 0 aliphatic rings. The Morgan fingerprint density at radius 3 is 2.43 bits per heavy atom. The highest BCUT2D eigenvalue weighted by Crippen LogP contribution is 2.25. The number of phenols is 1. The molecule has 5 nitrogen and oxygen atoms in total. The highest BCUT2D eigenvalue weighted by Gasteiger charge is 2.18. The third kappa shape index (κ3) is 3.08. The summed E-state index contributed by atoms with van der Waals surface area (Å²) >= 11 is 0. The van der Waals surface area contributed by atoms with Gasteiger partial charge in [-0.3, -0.25) is 4.72 Å². The van der Waals surface area contributed by atoms with Crippen LogP contribution in [-0.2, 0) is 10.0 Å². The number of rotatable bonds is 3. The van der Waals surface area contributed by atoms with Crippen LogP contribution >= 0.6 is 0 Å². The van der Waals surface area contributed by atoms with Crippen LogP contribution in [0.5, 0.6) is 5.75 Å². The molecule has 0 radical (unpaired) electrons. The highest BCUT2D eigenvalue weighted by molar-refractivity contribution is 7.92. The van der Waals surface area contributed by atoms with E-state index >= 15 is 0 Å². The number of benzene rings is 2. The average molecular weight is 310 g/mol. The van der Waals surface area contributed by atoms with Gasteiger partial charge in [0.25, 0.3) is 10.0 Å². The number of sulfonamides is 1. The Labute approximate surface area is 122 Å². The van der Waals surface area contributed by atoms with Crippen LogP contribution in [-0.4, -0.2) is 13.5 Å². The standard InChI is InChI=1S/C14H15FN2O3S/c1-8-3-4-10(5-14(8)18)17-21(19,20)11-6-12(15)9(2)13(16)7-11/h3-7,17-18H,16H2,1-2H3. The monoisotopic (exact) mass is 310 g/mol. The summed E-state index contributed by atoms with van der Waals surface area (Å²) in [7, 11) is -3.99. The molecule has 0 amide bonds. The minimum Gasteiger partial charge on any atom is -0.508 e. The molecule has 0 saturated carbocycles. The Balaban J connectivity index is 2.40. The molecule has 7 heteroatoms. The van der Waals surface area contributed by atoms with Gasteiger partial charge in [0.2, 0.25) is 0 Å². The maximum atomic E-state index is 13.6. The Morgan fingerprint density at radius 1 is 1.19 bits per heavy atom. The number of anilines is 2. The molecule has 21 heavy (non-hydrogen) atoms. The van der Waals surface area contributed by atoms with E-state index in [1.807, 2.05) is 0 Å². The molecular weight excluding hydrogens is 295 g/mol. The Bertz CT molecular complexity index is 781. The van der Waals surface area contributed by atoms with Crippen molar-refractivity contribution < 1.29 is 17.9 Å². The summed E-state index contributed by atoms with van der Waals surface area (Å²) in [5, 5.41) is 9.58. The second kappa shape index (κ2) is 5.25. The van der Waals surface area contributed by atoms with Gasteiger partial charge in [-0.15, -0.1) is 0 Å². The van der Waals surface area contributed by atoms with Gasteiger partial charge < -0.3 is 10.8 Å². The summed E-state index contributed by atoms with van der Waals surface area (Å²) < 4.78 is 40.3. The van der Waals surface area contributed by atoms with Gasteiger partial charge in [0.1, 0.15) is 11.6 Å². The van der Waals surface area contributed by atoms with E-state index in [-0.39, 0.29) is 27.6 Å². The molecule has 0 saturated heterocycles. The van der Waals surface area contributed by atoms with Gasteiger partial charge in [-0.25, -0.2) is 12.8 Å². The number of phenolic OH excluding ortho intramolecular Hbond substituents is 1. The number of hydrogen-bond acceptors (Lipinski definition) is 4. The Kier molecular flexibility index (Phi) is 3.78. The van der Waals surface area contributed by atoms with E-state index in [1.54, 1.807) is 13.0 Å². The molecule has 4 N–H and O–H groups in total. The molecule has 0 unspecified atom stereocenters. The second-order valence-electron chi connectivity index (χ2n) is 4.73. The summed E-state index contributed by atoms with van der Waals surface area (Å²) in [6.45, 7) is 3.15. The number of aryl methyl sites for hydroxylation is 1. The number of hydrogen-bond donors (Lipinski definition) is 3. The van der Waals surface area contributed by atoms with Crippen LogP contribution < -0.4 is 10.5 Å². The largest absolute Gasteiger partial charge is 0.508 e. The van der Waals surface area contributed by atoms with E-state index in [0.29, 0.717) is 5.56 Å². The van der Waals surface area contributed by atoms with Crippen molar-refractivity contribution in [3.63, 3.8) is 0 Å². The average Bonchev–Trinajstić information content (AvgIpc) is 2.39. The molecule has 0 spiro atoms. The molecule has 2 aromatic carbocycles. The van der Waals surface area contributed by atoms with E-state index in [2.05, 4.69) is 4.72 Å². The van der Waals surface area contributed by atoms with Crippen LogP contribution in [0.15, 0.2) is 35.2 Å². The van der Waals surface area contributed by atoms with Crippen molar-refractivity contribution in [3.05, 3.63) is 47.3 Å². The lowest BCUT2D eigenvalue weighted by Crippen LogP contribution is -2.14.